The first-order valence-corrected chi connectivity index (χ1v) is 32.7. The van der Waals surface area contributed by atoms with E-state index in [2.05, 4.69) is 59.8 Å². The number of rotatable bonds is 4. The third kappa shape index (κ3) is 21.5. The van der Waals surface area contributed by atoms with Crippen LogP contribution < -0.4 is 0 Å². The van der Waals surface area contributed by atoms with Gasteiger partial charge in [0.1, 0.15) is 22.8 Å². The van der Waals surface area contributed by atoms with Gasteiger partial charge in [0.2, 0.25) is 0 Å². The molecule has 4 aromatic carbocycles. The number of halogens is 24. The predicted molar refractivity (Wildman–Crippen MR) is 374 cm³/mol. The number of hydrogen-bond donors (Lipinski definition) is 4. The van der Waals surface area contributed by atoms with Crippen LogP contribution >= 0.6 is 181 Å². The van der Waals surface area contributed by atoms with Gasteiger partial charge in [-0.15, -0.1) is 0 Å². The Balaban J connectivity index is 0.000000191. The highest BCUT2D eigenvalue weighted by Gasteiger charge is 2.25. The van der Waals surface area contributed by atoms with Crippen molar-refractivity contribution in [1.29, 1.82) is 0 Å². The maximum atomic E-state index is 12.6. The minimum Gasteiger partial charge on any atom is -0.343 e. The quantitative estimate of drug-likeness (QED) is 0.0585. The standard InChI is InChI=1S/4C8H7N3.4C6F4I2/c4*1-2-4-9-7(3-1)8-10-5-6-11-8;4*7-1-2(8)6(12)4(10)3(9)5(1)11/h4*1-6H,(H,10,11);;;;. The third-order valence-corrected chi connectivity index (χ3v) is 17.8. The maximum Gasteiger partial charge on any atom is 0.176 e. The first kappa shape index (κ1) is 77.7. The van der Waals surface area contributed by atoms with Gasteiger partial charge >= 0.3 is 0 Å². The smallest absolute Gasteiger partial charge is 0.176 e. The first-order chi connectivity index (χ1) is 43.7. The lowest BCUT2D eigenvalue weighted by Gasteiger charge is -2.02. The molecule has 0 aliphatic heterocycles. The zero-order valence-electron chi connectivity index (χ0n) is 44.5. The van der Waals surface area contributed by atoms with Gasteiger partial charge in [-0.05, 0) is 229 Å². The number of imidazole rings is 4. The van der Waals surface area contributed by atoms with Crippen LogP contribution in [0.15, 0.2) is 147 Å². The molecular formula is C56H28F16I8N12. The highest BCUT2D eigenvalue weighted by Crippen LogP contribution is 2.30. The van der Waals surface area contributed by atoms with E-state index >= 15 is 0 Å². The Kier molecular flexibility index (Phi) is 32.6. The average Bonchev–Trinajstić information content (AvgIpc) is 1.35. The second-order valence-corrected chi connectivity index (χ2v) is 24.8. The number of hydrogen-bond acceptors (Lipinski definition) is 8. The molecule has 12 aromatic rings. The molecule has 12 nitrogen and oxygen atoms in total. The van der Waals surface area contributed by atoms with Crippen molar-refractivity contribution in [2.45, 2.75) is 0 Å². The zero-order chi connectivity index (χ0) is 67.9. The van der Waals surface area contributed by atoms with E-state index < -0.39 is 122 Å². The SMILES string of the molecule is Fc1c(F)c(I)c(F)c(F)c1I.Fc1c(F)c(I)c(F)c(F)c1I.Fc1c(F)c(I)c(F)c(F)c1I.Fc1c(F)c(I)c(F)c(F)c1I.c1ccc(-c2ncc[nH]2)nc1.c1ccc(-c2ncc[nH]2)nc1.c1ccc(-c2ncc[nH]2)nc1.c1ccc(-c2ncc[nH]2)nc1. The molecule has 92 heavy (non-hydrogen) atoms. The monoisotopic (exact) mass is 2190 g/mol. The summed E-state index contributed by atoms with van der Waals surface area (Å²) in [6.45, 7) is 0. The first-order valence-electron chi connectivity index (χ1n) is 24.0. The summed E-state index contributed by atoms with van der Waals surface area (Å²) in [6.07, 6.45) is 21.0. The second kappa shape index (κ2) is 38.6. The maximum absolute atomic E-state index is 12.6. The fourth-order valence-electron chi connectivity index (χ4n) is 5.95. The van der Waals surface area contributed by atoms with Crippen molar-refractivity contribution in [2.24, 2.45) is 0 Å². The lowest BCUT2D eigenvalue weighted by atomic mass is 10.3. The van der Waals surface area contributed by atoms with Gasteiger partial charge in [0, 0.05) is 74.4 Å². The van der Waals surface area contributed by atoms with Crippen LogP contribution in [0.3, 0.4) is 0 Å². The number of H-pyrrole nitrogens is 4. The summed E-state index contributed by atoms with van der Waals surface area (Å²) in [5.41, 5.74) is 3.49. The molecule has 0 unspecified atom stereocenters. The van der Waals surface area contributed by atoms with E-state index in [0.717, 1.165) is 46.1 Å². The molecule has 8 heterocycles. The predicted octanol–water partition coefficient (Wildman–Crippen LogP) is 19.7. The summed E-state index contributed by atoms with van der Waals surface area (Å²) in [4.78, 5) is 44.7. The van der Waals surface area contributed by atoms with Gasteiger partial charge in [-0.2, -0.15) is 0 Å². The lowest BCUT2D eigenvalue weighted by molar-refractivity contribution is 0.437. The molecule has 0 bridgehead atoms. The Labute approximate surface area is 617 Å². The molecular weight excluding hydrogens is 2160 g/mol. The largest absolute Gasteiger partial charge is 0.343 e. The van der Waals surface area contributed by atoms with Crippen molar-refractivity contribution in [1.82, 2.24) is 59.8 Å². The van der Waals surface area contributed by atoms with E-state index in [1.807, 2.05) is 72.8 Å². The zero-order valence-corrected chi connectivity index (χ0v) is 61.8. The van der Waals surface area contributed by atoms with E-state index in [9.17, 15) is 70.2 Å². The van der Waals surface area contributed by atoms with E-state index in [-0.39, 0.29) is 0 Å². The van der Waals surface area contributed by atoms with Crippen LogP contribution in [0.25, 0.3) is 46.1 Å². The van der Waals surface area contributed by atoms with Crippen LogP contribution in [0.2, 0.25) is 0 Å². The molecule has 36 heteroatoms. The third-order valence-electron chi connectivity index (χ3n) is 10.2. The number of nitrogens with one attached hydrogen (secondary N) is 4. The second-order valence-electron chi connectivity index (χ2n) is 16.1. The minimum absolute atomic E-state index is 0.664. The van der Waals surface area contributed by atoms with Crippen LogP contribution in [0.5, 0.6) is 0 Å². The molecule has 0 fully saturated rings. The van der Waals surface area contributed by atoms with Crippen LogP contribution in [0.4, 0.5) is 70.2 Å². The van der Waals surface area contributed by atoms with Gasteiger partial charge in [-0.25, -0.2) is 90.2 Å². The number of pyridine rings is 4. The van der Waals surface area contributed by atoms with Gasteiger partial charge in [-0.3, -0.25) is 19.9 Å². The van der Waals surface area contributed by atoms with Crippen molar-refractivity contribution in [3.05, 3.63) is 269 Å². The summed E-state index contributed by atoms with van der Waals surface area (Å²) in [7, 11) is 0. The molecule has 8 aromatic heterocycles. The van der Waals surface area contributed by atoms with Crippen molar-refractivity contribution < 1.29 is 70.2 Å². The minimum atomic E-state index is -1.35. The topological polar surface area (TPSA) is 166 Å². The summed E-state index contributed by atoms with van der Waals surface area (Å²) < 4.78 is 197. The van der Waals surface area contributed by atoms with Gasteiger partial charge in [0.05, 0.1) is 28.6 Å². The molecule has 0 amide bonds. The van der Waals surface area contributed by atoms with Crippen molar-refractivity contribution in [3.63, 3.8) is 0 Å². The van der Waals surface area contributed by atoms with Crippen LogP contribution in [0.1, 0.15) is 0 Å². The van der Waals surface area contributed by atoms with Gasteiger partial charge in [-0.1, -0.05) is 24.3 Å². The Hall–Kier alpha value is -4.96. The number of aromatic amines is 4. The van der Waals surface area contributed by atoms with Crippen molar-refractivity contribution in [2.75, 3.05) is 0 Å². The molecule has 0 aliphatic carbocycles. The summed E-state index contributed by atoms with van der Waals surface area (Å²) in [6, 6.07) is 22.9. The summed E-state index contributed by atoms with van der Waals surface area (Å²) in [5, 5.41) is 0. The van der Waals surface area contributed by atoms with Crippen molar-refractivity contribution >= 4 is 181 Å². The van der Waals surface area contributed by atoms with E-state index in [1.54, 1.807) is 74.4 Å². The molecule has 12 rings (SSSR count). The molecule has 0 spiro atoms. The van der Waals surface area contributed by atoms with E-state index in [4.69, 9.17) is 0 Å². The number of nitrogens with zero attached hydrogens (tertiary/aromatic N) is 8. The Morgan fingerprint density at radius 1 is 0.196 bits per heavy atom. The molecule has 0 atom stereocenters. The molecule has 480 valence electrons. The Morgan fingerprint density at radius 3 is 0.435 bits per heavy atom. The number of aromatic nitrogens is 12. The summed E-state index contributed by atoms with van der Waals surface area (Å²) >= 11 is 9.63. The lowest BCUT2D eigenvalue weighted by Crippen LogP contribution is -2.02. The molecule has 0 saturated heterocycles. The van der Waals surface area contributed by atoms with Gasteiger partial charge in [0.25, 0.3) is 0 Å². The van der Waals surface area contributed by atoms with E-state index in [1.165, 1.54) is 181 Å². The van der Waals surface area contributed by atoms with Gasteiger partial charge < -0.3 is 19.9 Å². The molecule has 0 radical (unpaired) electrons. The number of benzene rings is 4. The molecule has 0 saturated carbocycles. The average molecular weight is 2190 g/mol. The van der Waals surface area contributed by atoms with Crippen LogP contribution in [-0.2, 0) is 0 Å². The normalized spacial score (nSPS) is 10.2. The van der Waals surface area contributed by atoms with Crippen LogP contribution in [0, 0.1) is 122 Å². The highest BCUT2D eigenvalue weighted by atomic mass is 127. The fourth-order valence-corrected chi connectivity index (χ4v) is 9.73. The van der Waals surface area contributed by atoms with Gasteiger partial charge in [0.15, 0.2) is 116 Å². The Morgan fingerprint density at radius 2 is 0.337 bits per heavy atom. The molecule has 0 aliphatic rings. The van der Waals surface area contributed by atoms with E-state index in [0.29, 0.717) is 0 Å². The fraction of sp³-hybridized carbons (Fsp3) is 0. The van der Waals surface area contributed by atoms with Crippen LogP contribution in [-0.4, -0.2) is 59.8 Å². The Bertz CT molecular complexity index is 3310. The molecule has 4 N–H and O–H groups in total. The summed E-state index contributed by atoms with van der Waals surface area (Å²) in [5.74, 6) is -18.3. The van der Waals surface area contributed by atoms with Crippen molar-refractivity contribution in [3.8, 4) is 46.1 Å². The highest BCUT2D eigenvalue weighted by molar-refractivity contribution is 14.1.